The number of amides is 2. The van der Waals surface area contributed by atoms with Crippen LogP contribution in [0.1, 0.15) is 51.1 Å². The molecule has 2 unspecified atom stereocenters. The van der Waals surface area contributed by atoms with Gasteiger partial charge in [-0.2, -0.15) is 0 Å². The summed E-state index contributed by atoms with van der Waals surface area (Å²) in [6.45, 7) is 2.01. The third-order valence-corrected chi connectivity index (χ3v) is 5.89. The fourth-order valence-corrected chi connectivity index (χ4v) is 4.12. The summed E-state index contributed by atoms with van der Waals surface area (Å²) in [6.07, 6.45) is 0.554. The Morgan fingerprint density at radius 3 is 2.70 bits per heavy atom. The smallest absolute Gasteiger partial charge is 0.254 e. The average molecular weight is 410 g/mol. The molecule has 0 radical (unpaired) electrons. The Balaban J connectivity index is 1.76. The van der Waals surface area contributed by atoms with Crippen molar-refractivity contribution in [3.05, 3.63) is 58.7 Å². The summed E-state index contributed by atoms with van der Waals surface area (Å²) in [6, 6.07) is 11.1. The van der Waals surface area contributed by atoms with E-state index in [1.54, 1.807) is 26.3 Å². The Hall–Kier alpha value is -3.06. The maximum atomic E-state index is 12.9. The first-order valence-corrected chi connectivity index (χ1v) is 10.1. The molecule has 0 spiro atoms. The largest absolute Gasteiger partial charge is 0.497 e. The topological polar surface area (TPSA) is 96.9 Å². The highest BCUT2D eigenvalue weighted by atomic mass is 16.5. The zero-order valence-electron chi connectivity index (χ0n) is 17.3. The molecule has 1 saturated carbocycles. The molecule has 30 heavy (non-hydrogen) atoms. The van der Waals surface area contributed by atoms with Crippen LogP contribution in [-0.4, -0.2) is 49.8 Å². The number of aliphatic hydroxyl groups excluding tert-OH is 1. The molecule has 158 valence electrons. The van der Waals surface area contributed by atoms with Crippen LogP contribution >= 0.6 is 0 Å². The first-order valence-electron chi connectivity index (χ1n) is 10.1. The van der Waals surface area contributed by atoms with Gasteiger partial charge in [0.1, 0.15) is 17.6 Å². The van der Waals surface area contributed by atoms with Crippen LogP contribution in [0.4, 0.5) is 0 Å². The van der Waals surface area contributed by atoms with Gasteiger partial charge in [0.05, 0.1) is 12.7 Å². The highest BCUT2D eigenvalue weighted by Crippen LogP contribution is 2.45. The lowest BCUT2D eigenvalue weighted by Crippen LogP contribution is -2.28. The molecule has 1 aliphatic carbocycles. The number of rotatable bonds is 6. The Morgan fingerprint density at radius 2 is 2.03 bits per heavy atom. The van der Waals surface area contributed by atoms with E-state index in [0.29, 0.717) is 16.9 Å². The van der Waals surface area contributed by atoms with Gasteiger partial charge >= 0.3 is 0 Å². The standard InChI is InChI=1S/C23H26N2O5/c1-12-20(13-5-4-6-16(7-13)29-3)17-8-14(22(27)25-19-10-15(19)11-26)9-18(21(17)30-12)23(28)24-2/h4-9,12,15,19-20,26H,10-11H2,1-3H3,(H,24,28)(H,25,27)/t12?,15-,19+,20?/m0/s1. The van der Waals surface area contributed by atoms with Gasteiger partial charge in [0, 0.05) is 42.7 Å². The Morgan fingerprint density at radius 1 is 1.23 bits per heavy atom. The molecule has 1 heterocycles. The van der Waals surface area contributed by atoms with Crippen LogP contribution in [0.25, 0.3) is 0 Å². The Bertz CT molecular complexity index is 990. The molecule has 1 aliphatic heterocycles. The number of nitrogens with one attached hydrogen (secondary N) is 2. The molecule has 1 fully saturated rings. The van der Waals surface area contributed by atoms with Gasteiger partial charge in [-0.3, -0.25) is 9.59 Å². The van der Waals surface area contributed by atoms with Crippen molar-refractivity contribution in [2.24, 2.45) is 5.92 Å². The lowest BCUT2D eigenvalue weighted by atomic mass is 9.86. The van der Waals surface area contributed by atoms with Crippen molar-refractivity contribution in [1.29, 1.82) is 0 Å². The number of methoxy groups -OCH3 is 1. The van der Waals surface area contributed by atoms with E-state index in [9.17, 15) is 14.7 Å². The second-order valence-electron chi connectivity index (χ2n) is 7.86. The molecular weight excluding hydrogens is 384 g/mol. The molecule has 0 saturated heterocycles. The molecule has 7 nitrogen and oxygen atoms in total. The van der Waals surface area contributed by atoms with Gasteiger partial charge in [0.25, 0.3) is 11.8 Å². The molecule has 7 heteroatoms. The predicted molar refractivity (Wildman–Crippen MR) is 111 cm³/mol. The lowest BCUT2D eigenvalue weighted by molar-refractivity contribution is 0.0947. The second kappa shape index (κ2) is 7.99. The number of carbonyl (C=O) groups excluding carboxylic acids is 2. The summed E-state index contributed by atoms with van der Waals surface area (Å²) >= 11 is 0. The van der Waals surface area contributed by atoms with E-state index in [4.69, 9.17) is 9.47 Å². The lowest BCUT2D eigenvalue weighted by Gasteiger charge is -2.16. The zero-order chi connectivity index (χ0) is 21.4. The number of hydrogen-bond acceptors (Lipinski definition) is 5. The summed E-state index contributed by atoms with van der Waals surface area (Å²) in [7, 11) is 3.17. The van der Waals surface area contributed by atoms with Crippen molar-refractivity contribution >= 4 is 11.8 Å². The van der Waals surface area contributed by atoms with Crippen molar-refractivity contribution < 1.29 is 24.2 Å². The van der Waals surface area contributed by atoms with Crippen molar-refractivity contribution in [3.63, 3.8) is 0 Å². The third-order valence-electron chi connectivity index (χ3n) is 5.89. The fourth-order valence-electron chi connectivity index (χ4n) is 4.12. The quantitative estimate of drug-likeness (QED) is 0.678. The van der Waals surface area contributed by atoms with Gasteiger partial charge in [0.2, 0.25) is 0 Å². The van der Waals surface area contributed by atoms with Crippen molar-refractivity contribution in [2.45, 2.75) is 31.4 Å². The number of carbonyl (C=O) groups is 2. The average Bonchev–Trinajstić information content (AvgIpc) is 3.43. The first-order chi connectivity index (χ1) is 14.5. The highest BCUT2D eigenvalue weighted by molar-refractivity contribution is 6.02. The Kier molecular flexibility index (Phi) is 5.39. The Labute approximate surface area is 175 Å². The molecule has 3 N–H and O–H groups in total. The van der Waals surface area contributed by atoms with Crippen LogP contribution in [0.3, 0.4) is 0 Å². The second-order valence-corrected chi connectivity index (χ2v) is 7.86. The maximum absolute atomic E-state index is 12.9. The van der Waals surface area contributed by atoms with E-state index in [-0.39, 0.29) is 42.4 Å². The predicted octanol–water partition coefficient (Wildman–Crippen LogP) is 2.08. The third kappa shape index (κ3) is 3.61. The SMILES string of the molecule is CNC(=O)c1cc(C(=O)N[C@@H]2C[C@H]2CO)cc2c1OC(C)C2c1cccc(OC)c1. The highest BCUT2D eigenvalue weighted by Gasteiger charge is 2.39. The minimum Gasteiger partial charge on any atom is -0.497 e. The van der Waals surface area contributed by atoms with Gasteiger partial charge in [-0.25, -0.2) is 0 Å². The molecular formula is C23H26N2O5. The van der Waals surface area contributed by atoms with E-state index < -0.39 is 0 Å². The minimum absolute atomic E-state index is 0.0245. The van der Waals surface area contributed by atoms with Crippen LogP contribution < -0.4 is 20.1 Å². The molecule has 2 aromatic carbocycles. The molecule has 0 aromatic heterocycles. The summed E-state index contributed by atoms with van der Waals surface area (Å²) in [5.74, 6) is 0.641. The van der Waals surface area contributed by atoms with Gasteiger partial charge in [-0.05, 0) is 43.2 Å². The number of fused-ring (bicyclic) bond motifs is 1. The normalized spacial score (nSPS) is 23.9. The number of benzene rings is 2. The number of hydrogen-bond donors (Lipinski definition) is 3. The minimum atomic E-state index is -0.306. The van der Waals surface area contributed by atoms with Crippen LogP contribution in [0, 0.1) is 5.92 Å². The van der Waals surface area contributed by atoms with Gasteiger partial charge < -0.3 is 25.2 Å². The first kappa shape index (κ1) is 20.2. The molecule has 4 atom stereocenters. The van der Waals surface area contributed by atoms with E-state index in [1.165, 1.54) is 0 Å². The van der Waals surface area contributed by atoms with E-state index in [2.05, 4.69) is 10.6 Å². The van der Waals surface area contributed by atoms with E-state index >= 15 is 0 Å². The molecule has 0 bridgehead atoms. The molecule has 2 aliphatic rings. The van der Waals surface area contributed by atoms with Crippen LogP contribution in [0.5, 0.6) is 11.5 Å². The van der Waals surface area contributed by atoms with Crippen LogP contribution in [-0.2, 0) is 0 Å². The van der Waals surface area contributed by atoms with Gasteiger partial charge in [-0.15, -0.1) is 0 Å². The van der Waals surface area contributed by atoms with E-state index in [0.717, 1.165) is 23.3 Å². The number of aliphatic hydroxyl groups is 1. The molecule has 2 amide bonds. The van der Waals surface area contributed by atoms with Crippen molar-refractivity contribution in [2.75, 3.05) is 20.8 Å². The molecule has 4 rings (SSSR count). The van der Waals surface area contributed by atoms with Crippen molar-refractivity contribution in [1.82, 2.24) is 10.6 Å². The van der Waals surface area contributed by atoms with Crippen LogP contribution in [0.15, 0.2) is 36.4 Å². The maximum Gasteiger partial charge on any atom is 0.254 e. The summed E-state index contributed by atoms with van der Waals surface area (Å²) < 4.78 is 11.5. The summed E-state index contributed by atoms with van der Waals surface area (Å²) in [4.78, 5) is 25.4. The van der Waals surface area contributed by atoms with Gasteiger partial charge in [0.15, 0.2) is 0 Å². The van der Waals surface area contributed by atoms with E-state index in [1.807, 2.05) is 31.2 Å². The van der Waals surface area contributed by atoms with Crippen molar-refractivity contribution in [3.8, 4) is 11.5 Å². The van der Waals surface area contributed by atoms with Gasteiger partial charge in [-0.1, -0.05) is 12.1 Å². The number of ether oxygens (including phenoxy) is 2. The monoisotopic (exact) mass is 410 g/mol. The zero-order valence-corrected chi connectivity index (χ0v) is 17.3. The van der Waals surface area contributed by atoms with Crippen LogP contribution in [0.2, 0.25) is 0 Å². The summed E-state index contributed by atoms with van der Waals surface area (Å²) in [5, 5.41) is 14.8. The fraction of sp³-hybridized carbons (Fsp3) is 0.391. The summed E-state index contributed by atoms with van der Waals surface area (Å²) in [5.41, 5.74) is 2.54. The molecule has 2 aromatic rings.